The van der Waals surface area contributed by atoms with Crippen LogP contribution in [0.25, 0.3) is 0 Å². The number of hydrogen-bond acceptors (Lipinski definition) is 2. The standard InChI is InChI=1S/C21H32O2.C3H6/c1-3-4-5-6-7-8-9-10-11-12-13-14-15-16-17-18-19-20-21(22)23-2;1-2-3-1/h11-20H,3-10H2,1-2H3;1-3H2/b12-11+,14-13+,16-15+,18-17+,20-19+;. The largest absolute Gasteiger partial charge is 0.466 e. The minimum Gasteiger partial charge on any atom is -0.466 e. The molecule has 0 heterocycles. The maximum absolute atomic E-state index is 10.8. The molecule has 0 atom stereocenters. The number of methoxy groups -OCH3 is 1. The average molecular weight is 359 g/mol. The van der Waals surface area contributed by atoms with Gasteiger partial charge in [0.05, 0.1) is 7.11 Å². The van der Waals surface area contributed by atoms with Crippen LogP contribution in [0.3, 0.4) is 0 Å². The summed E-state index contributed by atoms with van der Waals surface area (Å²) in [6.45, 7) is 2.26. The van der Waals surface area contributed by atoms with E-state index in [4.69, 9.17) is 0 Å². The number of ether oxygens (including phenoxy) is 1. The Labute approximate surface area is 161 Å². The van der Waals surface area contributed by atoms with Crippen LogP contribution in [0.2, 0.25) is 0 Å². The van der Waals surface area contributed by atoms with Crippen LogP contribution in [-0.2, 0) is 9.53 Å². The Morgan fingerprint density at radius 2 is 1.23 bits per heavy atom. The molecular weight excluding hydrogens is 320 g/mol. The third-order valence-electron chi connectivity index (χ3n) is 3.68. The Hall–Kier alpha value is -1.83. The van der Waals surface area contributed by atoms with Gasteiger partial charge in [-0.1, -0.05) is 119 Å². The number of allylic oxidation sites excluding steroid dienone is 9. The summed E-state index contributed by atoms with van der Waals surface area (Å²) in [6, 6.07) is 0. The van der Waals surface area contributed by atoms with E-state index in [9.17, 15) is 4.79 Å². The van der Waals surface area contributed by atoms with Crippen LogP contribution in [-0.4, -0.2) is 13.1 Å². The first-order valence-corrected chi connectivity index (χ1v) is 10.2. The van der Waals surface area contributed by atoms with Gasteiger partial charge >= 0.3 is 5.97 Å². The van der Waals surface area contributed by atoms with E-state index >= 15 is 0 Å². The van der Waals surface area contributed by atoms with Crippen molar-refractivity contribution in [3.05, 3.63) is 60.8 Å². The van der Waals surface area contributed by atoms with Crippen molar-refractivity contribution in [3.63, 3.8) is 0 Å². The summed E-state index contributed by atoms with van der Waals surface area (Å²) >= 11 is 0. The first kappa shape index (κ1) is 24.2. The quantitative estimate of drug-likeness (QED) is 0.150. The first-order chi connectivity index (χ1) is 12.8. The predicted octanol–water partition coefficient (Wildman–Crippen LogP) is 7.25. The van der Waals surface area contributed by atoms with Crippen molar-refractivity contribution >= 4 is 5.97 Å². The summed E-state index contributed by atoms with van der Waals surface area (Å²) in [6.07, 6.45) is 34.1. The highest BCUT2D eigenvalue weighted by Gasteiger charge is 1.95. The van der Waals surface area contributed by atoms with E-state index in [1.54, 1.807) is 12.2 Å². The van der Waals surface area contributed by atoms with E-state index in [0.717, 1.165) is 0 Å². The molecule has 146 valence electrons. The van der Waals surface area contributed by atoms with Gasteiger partial charge in [-0.15, -0.1) is 0 Å². The molecule has 0 aliphatic heterocycles. The van der Waals surface area contributed by atoms with Crippen molar-refractivity contribution in [2.24, 2.45) is 0 Å². The summed E-state index contributed by atoms with van der Waals surface area (Å²) < 4.78 is 4.48. The van der Waals surface area contributed by atoms with Crippen molar-refractivity contribution in [3.8, 4) is 0 Å². The number of rotatable bonds is 13. The summed E-state index contributed by atoms with van der Waals surface area (Å²) in [5.41, 5.74) is 0. The van der Waals surface area contributed by atoms with Gasteiger partial charge in [0.2, 0.25) is 0 Å². The Morgan fingerprint density at radius 3 is 1.77 bits per heavy atom. The molecule has 0 N–H and O–H groups in total. The number of unbranched alkanes of at least 4 members (excludes halogenated alkanes) is 7. The third-order valence-corrected chi connectivity index (χ3v) is 3.68. The summed E-state index contributed by atoms with van der Waals surface area (Å²) in [4.78, 5) is 10.8. The van der Waals surface area contributed by atoms with E-state index in [1.165, 1.54) is 83.8 Å². The van der Waals surface area contributed by atoms with Gasteiger partial charge in [-0.05, 0) is 12.8 Å². The number of hydrogen-bond donors (Lipinski definition) is 0. The molecule has 0 bridgehead atoms. The Balaban J connectivity index is 0.00000187. The fourth-order valence-electron chi connectivity index (χ4n) is 1.98. The molecule has 0 saturated heterocycles. The van der Waals surface area contributed by atoms with Gasteiger partial charge in [0.1, 0.15) is 0 Å². The molecule has 1 rings (SSSR count). The molecule has 0 unspecified atom stereocenters. The van der Waals surface area contributed by atoms with E-state index in [0.29, 0.717) is 0 Å². The second-order valence-corrected chi connectivity index (χ2v) is 6.44. The molecule has 0 radical (unpaired) electrons. The van der Waals surface area contributed by atoms with Crippen molar-refractivity contribution in [1.29, 1.82) is 0 Å². The molecule has 2 heteroatoms. The number of esters is 1. The lowest BCUT2D eigenvalue weighted by Gasteiger charge is -1.98. The lowest BCUT2D eigenvalue weighted by molar-refractivity contribution is -0.134. The van der Waals surface area contributed by atoms with E-state index in [1.807, 2.05) is 30.4 Å². The van der Waals surface area contributed by atoms with Crippen molar-refractivity contribution in [1.82, 2.24) is 0 Å². The molecule has 0 aromatic carbocycles. The summed E-state index contributed by atoms with van der Waals surface area (Å²) in [5, 5.41) is 0. The van der Waals surface area contributed by atoms with Gasteiger partial charge in [-0.2, -0.15) is 0 Å². The fourth-order valence-corrected chi connectivity index (χ4v) is 1.98. The van der Waals surface area contributed by atoms with Gasteiger partial charge in [0.15, 0.2) is 0 Å². The van der Waals surface area contributed by atoms with Crippen molar-refractivity contribution in [2.45, 2.75) is 77.6 Å². The third kappa shape index (κ3) is 24.4. The number of carbonyl (C=O) groups excluding carboxylic acids is 1. The smallest absolute Gasteiger partial charge is 0.330 e. The van der Waals surface area contributed by atoms with Gasteiger partial charge in [0.25, 0.3) is 0 Å². The predicted molar refractivity (Wildman–Crippen MR) is 114 cm³/mol. The second kappa shape index (κ2) is 21.2. The summed E-state index contributed by atoms with van der Waals surface area (Å²) in [5.74, 6) is -0.343. The van der Waals surface area contributed by atoms with Gasteiger partial charge in [-0.3, -0.25) is 0 Å². The molecule has 26 heavy (non-hydrogen) atoms. The Bertz CT molecular complexity index is 448. The average Bonchev–Trinajstić information content (AvgIpc) is 3.53. The topological polar surface area (TPSA) is 26.3 Å². The molecule has 1 aliphatic carbocycles. The monoisotopic (exact) mass is 358 g/mol. The zero-order valence-electron chi connectivity index (χ0n) is 16.9. The van der Waals surface area contributed by atoms with Gasteiger partial charge < -0.3 is 4.74 Å². The van der Waals surface area contributed by atoms with E-state index in [2.05, 4.69) is 23.8 Å². The normalized spacial score (nSPS) is 13.9. The minimum absolute atomic E-state index is 0.343. The van der Waals surface area contributed by atoms with Crippen LogP contribution in [0.5, 0.6) is 0 Å². The molecule has 0 spiro atoms. The first-order valence-electron chi connectivity index (χ1n) is 10.2. The molecule has 1 saturated carbocycles. The molecule has 0 amide bonds. The Morgan fingerprint density at radius 1 is 0.731 bits per heavy atom. The molecule has 0 aromatic heterocycles. The highest BCUT2D eigenvalue weighted by molar-refractivity contribution is 5.82. The van der Waals surface area contributed by atoms with Crippen LogP contribution in [0.1, 0.15) is 77.6 Å². The maximum Gasteiger partial charge on any atom is 0.330 e. The zero-order valence-corrected chi connectivity index (χ0v) is 16.9. The molecule has 1 fully saturated rings. The van der Waals surface area contributed by atoms with Crippen molar-refractivity contribution < 1.29 is 9.53 Å². The SMILES string of the molecule is C1CC1.CCCCCCCCC/C=C/C=C/C=C/C=C/C=C/C(=O)OC. The number of carbonyl (C=O) groups is 1. The van der Waals surface area contributed by atoms with Crippen LogP contribution >= 0.6 is 0 Å². The lowest BCUT2D eigenvalue weighted by atomic mass is 10.1. The van der Waals surface area contributed by atoms with Gasteiger partial charge in [0, 0.05) is 6.08 Å². The molecular formula is C24H38O2. The Kier molecular flexibility index (Phi) is 19.7. The van der Waals surface area contributed by atoms with E-state index < -0.39 is 0 Å². The summed E-state index contributed by atoms with van der Waals surface area (Å²) in [7, 11) is 1.36. The van der Waals surface area contributed by atoms with Crippen LogP contribution < -0.4 is 0 Å². The van der Waals surface area contributed by atoms with Crippen LogP contribution in [0.15, 0.2) is 60.8 Å². The van der Waals surface area contributed by atoms with Crippen molar-refractivity contribution in [2.75, 3.05) is 7.11 Å². The fraction of sp³-hybridized carbons (Fsp3) is 0.542. The maximum atomic E-state index is 10.8. The lowest BCUT2D eigenvalue weighted by Crippen LogP contribution is -1.92. The molecule has 2 nitrogen and oxygen atoms in total. The second-order valence-electron chi connectivity index (χ2n) is 6.44. The molecule has 1 aliphatic rings. The van der Waals surface area contributed by atoms with E-state index in [-0.39, 0.29) is 5.97 Å². The van der Waals surface area contributed by atoms with Crippen LogP contribution in [0, 0.1) is 0 Å². The molecule has 0 aromatic rings. The highest BCUT2D eigenvalue weighted by atomic mass is 16.5. The van der Waals surface area contributed by atoms with Gasteiger partial charge in [-0.25, -0.2) is 4.79 Å². The highest BCUT2D eigenvalue weighted by Crippen LogP contribution is 2.14. The zero-order chi connectivity index (χ0) is 19.1. The van der Waals surface area contributed by atoms with Crippen LogP contribution in [0.4, 0.5) is 0 Å². The minimum atomic E-state index is -0.343.